The molecular formula is C14H28N4Sn. The summed E-state index contributed by atoms with van der Waals surface area (Å²) >= 11 is -0.759. The van der Waals surface area contributed by atoms with Crippen LogP contribution in [0, 0.1) is 0 Å². The number of nitrogens with one attached hydrogen (secondary N) is 1. The van der Waals surface area contributed by atoms with Gasteiger partial charge in [0.25, 0.3) is 0 Å². The van der Waals surface area contributed by atoms with Gasteiger partial charge in [0.15, 0.2) is 0 Å². The zero-order chi connectivity index (χ0) is 14.0. The SMILES string of the molecule is CCCC[C](CCCC)(CCCC)[Sn][c]1nn[nH]n1. The molecule has 0 bridgehead atoms. The van der Waals surface area contributed by atoms with E-state index in [1.165, 1.54) is 57.8 Å². The van der Waals surface area contributed by atoms with Gasteiger partial charge in [-0.1, -0.05) is 0 Å². The summed E-state index contributed by atoms with van der Waals surface area (Å²) in [5.41, 5.74) is 0. The van der Waals surface area contributed by atoms with Crippen molar-refractivity contribution in [1.82, 2.24) is 20.6 Å². The fraction of sp³-hybridized carbons (Fsp3) is 0.929. The molecule has 1 N–H and O–H groups in total. The van der Waals surface area contributed by atoms with Crippen LogP contribution in [-0.2, 0) is 0 Å². The summed E-state index contributed by atoms with van der Waals surface area (Å²) in [7, 11) is 0. The number of unbranched alkanes of at least 4 members (excludes halogenated alkanes) is 3. The van der Waals surface area contributed by atoms with E-state index in [1.54, 1.807) is 0 Å². The molecule has 1 heterocycles. The van der Waals surface area contributed by atoms with E-state index in [-0.39, 0.29) is 0 Å². The third-order valence-corrected chi connectivity index (χ3v) is 8.65. The number of rotatable bonds is 11. The van der Waals surface area contributed by atoms with Gasteiger partial charge in [-0.3, -0.25) is 0 Å². The standard InChI is InChI=1S/C13H27.CHN4.Sn/c1-4-7-10-13(11-8-5-2)12-9-6-3;1-2-4-5-3-1;/h4-12H2,1-3H3;(H,2,3,4,5);. The first-order chi connectivity index (χ1) is 9.26. The Balaban J connectivity index is 2.74. The van der Waals surface area contributed by atoms with Crippen molar-refractivity contribution in [3.63, 3.8) is 0 Å². The Morgan fingerprint density at radius 1 is 0.947 bits per heavy atom. The van der Waals surface area contributed by atoms with Crippen molar-refractivity contribution in [1.29, 1.82) is 0 Å². The van der Waals surface area contributed by atoms with Gasteiger partial charge < -0.3 is 0 Å². The van der Waals surface area contributed by atoms with Gasteiger partial charge in [0.1, 0.15) is 0 Å². The Bertz CT molecular complexity index is 291. The molecule has 0 spiro atoms. The van der Waals surface area contributed by atoms with Gasteiger partial charge in [0, 0.05) is 0 Å². The van der Waals surface area contributed by atoms with Gasteiger partial charge in [0.2, 0.25) is 0 Å². The monoisotopic (exact) mass is 372 g/mol. The van der Waals surface area contributed by atoms with E-state index in [2.05, 4.69) is 41.4 Å². The quantitative estimate of drug-likeness (QED) is 0.608. The molecule has 0 aromatic carbocycles. The van der Waals surface area contributed by atoms with Crippen LogP contribution in [0.4, 0.5) is 0 Å². The van der Waals surface area contributed by atoms with E-state index < -0.39 is 21.1 Å². The van der Waals surface area contributed by atoms with Crippen molar-refractivity contribution < 1.29 is 0 Å². The fourth-order valence-electron chi connectivity index (χ4n) is 2.56. The van der Waals surface area contributed by atoms with Crippen molar-refractivity contribution in [3.8, 4) is 0 Å². The average molecular weight is 371 g/mol. The van der Waals surface area contributed by atoms with Crippen LogP contribution in [-0.4, -0.2) is 41.8 Å². The molecule has 0 saturated heterocycles. The summed E-state index contributed by atoms with van der Waals surface area (Å²) in [5, 5.41) is 14.9. The van der Waals surface area contributed by atoms with E-state index in [1.807, 2.05) is 0 Å². The van der Waals surface area contributed by atoms with Gasteiger partial charge in [0.05, 0.1) is 0 Å². The molecule has 0 aliphatic rings. The van der Waals surface area contributed by atoms with Crippen LogP contribution in [0.2, 0.25) is 3.43 Å². The summed E-state index contributed by atoms with van der Waals surface area (Å²) < 4.78 is 1.63. The van der Waals surface area contributed by atoms with E-state index in [4.69, 9.17) is 0 Å². The molecule has 1 aromatic heterocycles. The van der Waals surface area contributed by atoms with Crippen molar-refractivity contribution in [2.45, 2.75) is 82.0 Å². The zero-order valence-corrected chi connectivity index (χ0v) is 15.6. The van der Waals surface area contributed by atoms with E-state index in [0.29, 0.717) is 3.43 Å². The summed E-state index contributed by atoms with van der Waals surface area (Å²) in [4.78, 5) is 0. The minimum absolute atomic E-state index is 0.565. The molecule has 0 amide bonds. The fourth-order valence-corrected chi connectivity index (χ4v) is 7.09. The van der Waals surface area contributed by atoms with Crippen molar-refractivity contribution in [2.75, 3.05) is 0 Å². The van der Waals surface area contributed by atoms with Crippen molar-refractivity contribution in [2.24, 2.45) is 0 Å². The molecule has 4 nitrogen and oxygen atoms in total. The molecule has 0 unspecified atom stereocenters. The van der Waals surface area contributed by atoms with E-state index in [9.17, 15) is 0 Å². The number of hydrogen-bond acceptors (Lipinski definition) is 3. The molecule has 1 rings (SSSR count). The van der Waals surface area contributed by atoms with Crippen LogP contribution >= 0.6 is 0 Å². The molecule has 108 valence electrons. The first-order valence-corrected chi connectivity index (χ1v) is 10.6. The first kappa shape index (κ1) is 16.9. The Morgan fingerprint density at radius 3 is 1.84 bits per heavy atom. The van der Waals surface area contributed by atoms with Crippen LogP contribution < -0.4 is 3.84 Å². The number of nitrogens with zero attached hydrogens (tertiary/aromatic N) is 3. The predicted molar refractivity (Wildman–Crippen MR) is 80.8 cm³/mol. The summed E-state index contributed by atoms with van der Waals surface area (Å²) in [6.45, 7) is 6.89. The predicted octanol–water partition coefficient (Wildman–Crippen LogP) is 3.26. The summed E-state index contributed by atoms with van der Waals surface area (Å²) in [6.07, 6.45) is 12.1. The number of H-pyrrole nitrogens is 1. The normalized spacial score (nSPS) is 11.9. The molecule has 19 heavy (non-hydrogen) atoms. The molecule has 2 radical (unpaired) electrons. The molecule has 0 aliphatic heterocycles. The number of hydrogen-bond donors (Lipinski definition) is 1. The Labute approximate surface area is 127 Å². The summed E-state index contributed by atoms with van der Waals surface area (Å²) in [6, 6.07) is 0. The van der Waals surface area contributed by atoms with Crippen LogP contribution in [0.1, 0.15) is 78.6 Å². The molecule has 0 saturated carbocycles. The Kier molecular flexibility index (Phi) is 8.66. The Morgan fingerprint density at radius 2 is 1.47 bits per heavy atom. The van der Waals surface area contributed by atoms with Gasteiger partial charge in [-0.15, -0.1) is 0 Å². The van der Waals surface area contributed by atoms with Gasteiger partial charge >= 0.3 is 128 Å². The average Bonchev–Trinajstić information content (AvgIpc) is 2.93. The van der Waals surface area contributed by atoms with Crippen LogP contribution in [0.3, 0.4) is 0 Å². The third kappa shape index (κ3) is 6.23. The van der Waals surface area contributed by atoms with Gasteiger partial charge in [-0.2, -0.15) is 0 Å². The summed E-state index contributed by atoms with van der Waals surface area (Å²) in [5.74, 6) is 0. The molecule has 1 aromatic rings. The molecule has 0 atom stereocenters. The van der Waals surface area contributed by atoms with Crippen LogP contribution in [0.25, 0.3) is 0 Å². The topological polar surface area (TPSA) is 54.5 Å². The maximum absolute atomic E-state index is 4.25. The third-order valence-electron chi connectivity index (χ3n) is 3.75. The Hall–Kier alpha value is -0.131. The molecule has 0 aliphatic carbocycles. The number of aromatic amines is 1. The van der Waals surface area contributed by atoms with Crippen LogP contribution in [0.15, 0.2) is 0 Å². The minimum atomic E-state index is -0.759. The van der Waals surface area contributed by atoms with Gasteiger partial charge in [-0.25, -0.2) is 0 Å². The van der Waals surface area contributed by atoms with Crippen LogP contribution in [0.5, 0.6) is 0 Å². The zero-order valence-electron chi connectivity index (χ0n) is 12.7. The second-order valence-electron chi connectivity index (χ2n) is 5.45. The van der Waals surface area contributed by atoms with E-state index in [0.717, 1.165) is 3.84 Å². The molecule has 0 fully saturated rings. The molecular weight excluding hydrogens is 343 g/mol. The first-order valence-electron chi connectivity index (χ1n) is 7.78. The maximum atomic E-state index is 4.25. The van der Waals surface area contributed by atoms with Crippen molar-refractivity contribution in [3.05, 3.63) is 0 Å². The second kappa shape index (κ2) is 9.72. The number of tetrazole rings is 1. The second-order valence-corrected chi connectivity index (χ2v) is 10.5. The van der Waals surface area contributed by atoms with E-state index >= 15 is 0 Å². The van der Waals surface area contributed by atoms with Gasteiger partial charge in [-0.05, 0) is 0 Å². The number of aromatic nitrogens is 4. The molecule has 5 heteroatoms. The van der Waals surface area contributed by atoms with Crippen molar-refractivity contribution >= 4 is 25.0 Å².